The number of amides is 2. The number of methoxy groups -OCH3 is 2. The molecule has 0 bridgehead atoms. The monoisotopic (exact) mass is 302 g/mol. The van der Waals surface area contributed by atoms with Crippen LogP contribution in [0.3, 0.4) is 0 Å². The minimum Gasteiger partial charge on any atom is -0.467 e. The van der Waals surface area contributed by atoms with Crippen molar-refractivity contribution in [2.75, 3.05) is 27.8 Å². The average Bonchev–Trinajstić information content (AvgIpc) is 2.51. The Bertz CT molecular complexity index is 380. The van der Waals surface area contributed by atoms with Gasteiger partial charge in [-0.3, -0.25) is 9.59 Å². The molecule has 2 N–H and O–H groups in total. The van der Waals surface area contributed by atoms with Crippen molar-refractivity contribution in [1.82, 2.24) is 10.6 Å². The second kappa shape index (κ2) is 8.23. The van der Waals surface area contributed by atoms with Crippen LogP contribution in [0.5, 0.6) is 0 Å². The van der Waals surface area contributed by atoms with Crippen molar-refractivity contribution in [2.45, 2.75) is 20.3 Å². The second-order valence-corrected chi connectivity index (χ2v) is 4.54. The highest BCUT2D eigenvalue weighted by atomic mass is 16.5. The normalized spacial score (nSPS) is 12.0. The van der Waals surface area contributed by atoms with Crippen LogP contribution in [0, 0.1) is 11.3 Å². The Balaban J connectivity index is 5.65. The lowest BCUT2D eigenvalue weighted by atomic mass is 9.85. The Kier molecular flexibility index (Phi) is 7.40. The van der Waals surface area contributed by atoms with Crippen LogP contribution in [-0.4, -0.2) is 51.6 Å². The molecule has 0 fully saturated rings. The number of hydrogen-bond donors (Lipinski definition) is 2. The fourth-order valence-electron chi connectivity index (χ4n) is 1.59. The predicted molar refractivity (Wildman–Crippen MR) is 73.0 cm³/mol. The van der Waals surface area contributed by atoms with Gasteiger partial charge in [0.25, 0.3) is 11.8 Å². The maximum atomic E-state index is 12.3. The quantitative estimate of drug-likeness (QED) is 0.472. The molecule has 2 amide bonds. The second-order valence-electron chi connectivity index (χ2n) is 4.54. The summed E-state index contributed by atoms with van der Waals surface area (Å²) in [5, 5.41) is 4.54. The zero-order valence-corrected chi connectivity index (χ0v) is 12.9. The molecule has 0 unspecified atom stereocenters. The minimum atomic E-state index is -2.70. The van der Waals surface area contributed by atoms with Crippen molar-refractivity contribution < 1.29 is 28.7 Å². The Morgan fingerprint density at radius 3 is 1.86 bits per heavy atom. The van der Waals surface area contributed by atoms with Gasteiger partial charge in [-0.15, -0.1) is 0 Å². The first kappa shape index (κ1) is 18.9. The van der Waals surface area contributed by atoms with Crippen LogP contribution < -0.4 is 10.6 Å². The highest BCUT2D eigenvalue weighted by Gasteiger charge is 2.61. The van der Waals surface area contributed by atoms with Gasteiger partial charge in [-0.1, -0.05) is 20.3 Å². The zero-order valence-electron chi connectivity index (χ0n) is 12.9. The van der Waals surface area contributed by atoms with Crippen LogP contribution in [-0.2, 0) is 28.7 Å². The molecule has 0 saturated heterocycles. The van der Waals surface area contributed by atoms with Gasteiger partial charge in [-0.05, 0) is 5.92 Å². The third-order valence-electron chi connectivity index (χ3n) is 3.20. The van der Waals surface area contributed by atoms with Crippen LogP contribution in [0.2, 0.25) is 0 Å². The van der Waals surface area contributed by atoms with Gasteiger partial charge in [0.05, 0.1) is 14.2 Å². The van der Waals surface area contributed by atoms with Crippen molar-refractivity contribution in [3.8, 4) is 0 Å². The lowest BCUT2D eigenvalue weighted by Gasteiger charge is -2.25. The Hall–Kier alpha value is -2.12. The van der Waals surface area contributed by atoms with E-state index in [4.69, 9.17) is 0 Å². The summed E-state index contributed by atoms with van der Waals surface area (Å²) in [7, 11) is 3.15. The summed E-state index contributed by atoms with van der Waals surface area (Å²) in [4.78, 5) is 48.2. The highest BCUT2D eigenvalue weighted by Crippen LogP contribution is 2.23. The summed E-state index contributed by atoms with van der Waals surface area (Å²) >= 11 is 0. The Morgan fingerprint density at radius 1 is 1.05 bits per heavy atom. The van der Waals surface area contributed by atoms with Gasteiger partial charge in [-0.2, -0.15) is 0 Å². The van der Waals surface area contributed by atoms with Crippen LogP contribution in [0.4, 0.5) is 0 Å². The van der Waals surface area contributed by atoms with Crippen molar-refractivity contribution >= 4 is 23.8 Å². The van der Waals surface area contributed by atoms with Crippen molar-refractivity contribution in [3.05, 3.63) is 0 Å². The third-order valence-corrected chi connectivity index (χ3v) is 3.20. The van der Waals surface area contributed by atoms with E-state index >= 15 is 0 Å². The molecule has 21 heavy (non-hydrogen) atoms. The molecule has 0 aliphatic carbocycles. The lowest BCUT2D eigenvalue weighted by molar-refractivity contribution is -0.175. The van der Waals surface area contributed by atoms with E-state index in [1.165, 1.54) is 7.05 Å². The number of rotatable bonds is 7. The first-order valence-corrected chi connectivity index (χ1v) is 6.50. The highest BCUT2D eigenvalue weighted by molar-refractivity contribution is 6.35. The molecule has 8 heteroatoms. The Labute approximate surface area is 123 Å². The Morgan fingerprint density at radius 2 is 1.52 bits per heavy atom. The number of carbonyl (C=O) groups is 4. The van der Waals surface area contributed by atoms with E-state index in [9.17, 15) is 19.2 Å². The topological polar surface area (TPSA) is 111 Å². The summed E-state index contributed by atoms with van der Waals surface area (Å²) in [6, 6.07) is 0. The molecule has 8 nitrogen and oxygen atoms in total. The van der Waals surface area contributed by atoms with E-state index in [2.05, 4.69) is 20.1 Å². The number of nitrogens with one attached hydrogen (secondary N) is 2. The number of esters is 2. The van der Waals surface area contributed by atoms with Gasteiger partial charge < -0.3 is 20.1 Å². The van der Waals surface area contributed by atoms with Gasteiger partial charge in [0, 0.05) is 13.6 Å². The molecule has 0 aromatic heterocycles. The van der Waals surface area contributed by atoms with Gasteiger partial charge in [-0.25, -0.2) is 9.59 Å². The molecule has 0 aromatic rings. The molecule has 1 atom stereocenters. The standard InChI is InChI=1S/C13H22N2O6/c1-6-8(2)7-15-10(17)13(9(16)14-3,11(18)20-4)12(19)21-5/h8H,6-7H2,1-5H3,(H,14,16)(H,15,17)/t8-/m0/s1. The summed E-state index contributed by atoms with van der Waals surface area (Å²) in [6.45, 7) is 4.00. The van der Waals surface area contributed by atoms with Crippen molar-refractivity contribution in [1.29, 1.82) is 0 Å². The molecule has 0 aliphatic heterocycles. The smallest absolute Gasteiger partial charge is 0.343 e. The van der Waals surface area contributed by atoms with Crippen LogP contribution >= 0.6 is 0 Å². The maximum absolute atomic E-state index is 12.3. The summed E-state index contributed by atoms with van der Waals surface area (Å²) in [6.07, 6.45) is 0.781. The van der Waals surface area contributed by atoms with Gasteiger partial charge in [0.15, 0.2) is 0 Å². The molecule has 0 spiro atoms. The van der Waals surface area contributed by atoms with E-state index in [-0.39, 0.29) is 12.5 Å². The first-order valence-electron chi connectivity index (χ1n) is 6.50. The fraction of sp³-hybridized carbons (Fsp3) is 0.692. The van der Waals surface area contributed by atoms with Crippen LogP contribution in [0.15, 0.2) is 0 Å². The predicted octanol–water partition coefficient (Wildman–Crippen LogP) is -0.773. The first-order chi connectivity index (χ1) is 9.82. The SMILES string of the molecule is CC[C@H](C)CNC(=O)C(C(=O)NC)(C(=O)OC)C(=O)OC. The van der Waals surface area contributed by atoms with E-state index in [1.54, 1.807) is 0 Å². The fourth-order valence-corrected chi connectivity index (χ4v) is 1.59. The molecule has 0 saturated carbocycles. The number of hydrogen-bond acceptors (Lipinski definition) is 6. The average molecular weight is 302 g/mol. The summed E-state index contributed by atoms with van der Waals surface area (Å²) in [5.41, 5.74) is -2.70. The van der Waals surface area contributed by atoms with Gasteiger partial charge >= 0.3 is 17.4 Å². The number of ether oxygens (including phenoxy) is 2. The van der Waals surface area contributed by atoms with E-state index in [0.717, 1.165) is 20.6 Å². The molecule has 0 rings (SSSR count). The van der Waals surface area contributed by atoms with Crippen LogP contribution in [0.1, 0.15) is 20.3 Å². The largest absolute Gasteiger partial charge is 0.467 e. The maximum Gasteiger partial charge on any atom is 0.343 e. The molecular weight excluding hydrogens is 280 g/mol. The zero-order chi connectivity index (χ0) is 16.6. The van der Waals surface area contributed by atoms with E-state index in [0.29, 0.717) is 0 Å². The summed E-state index contributed by atoms with van der Waals surface area (Å²) < 4.78 is 8.91. The molecule has 0 radical (unpaired) electrons. The molecule has 0 heterocycles. The number of carbonyl (C=O) groups excluding carboxylic acids is 4. The minimum absolute atomic E-state index is 0.117. The molecule has 120 valence electrons. The van der Waals surface area contributed by atoms with Gasteiger partial charge in [0.2, 0.25) is 0 Å². The molecular formula is C13H22N2O6. The van der Waals surface area contributed by atoms with Crippen molar-refractivity contribution in [3.63, 3.8) is 0 Å². The molecule has 0 aliphatic rings. The third kappa shape index (κ3) is 3.71. The summed E-state index contributed by atoms with van der Waals surface area (Å²) in [5.74, 6) is -4.65. The van der Waals surface area contributed by atoms with E-state index in [1.807, 2.05) is 13.8 Å². The lowest BCUT2D eigenvalue weighted by Crippen LogP contribution is -2.61. The van der Waals surface area contributed by atoms with E-state index < -0.39 is 29.2 Å². The van der Waals surface area contributed by atoms with Gasteiger partial charge in [0.1, 0.15) is 0 Å². The molecule has 0 aromatic carbocycles. The van der Waals surface area contributed by atoms with Crippen LogP contribution in [0.25, 0.3) is 0 Å². The van der Waals surface area contributed by atoms with Crippen molar-refractivity contribution in [2.24, 2.45) is 11.3 Å².